The Kier molecular flexibility index (Phi) is 7.06. The van der Waals surface area contributed by atoms with Gasteiger partial charge in [-0.05, 0) is 38.8 Å². The monoisotopic (exact) mass is 389 g/mol. The molecule has 0 aliphatic carbocycles. The van der Waals surface area contributed by atoms with Crippen molar-refractivity contribution >= 4 is 34.8 Å². The van der Waals surface area contributed by atoms with E-state index < -0.39 is 18.0 Å². The first-order valence-electron chi connectivity index (χ1n) is 8.50. The lowest BCUT2D eigenvalue weighted by Gasteiger charge is -2.14. The van der Waals surface area contributed by atoms with E-state index >= 15 is 0 Å². The number of rotatable bonds is 7. The van der Waals surface area contributed by atoms with Gasteiger partial charge in [0.15, 0.2) is 6.10 Å². The molecule has 0 spiro atoms. The molecule has 1 heterocycles. The van der Waals surface area contributed by atoms with Crippen molar-refractivity contribution in [2.45, 2.75) is 40.2 Å². The third kappa shape index (κ3) is 6.18. The molecule has 2 amide bonds. The van der Waals surface area contributed by atoms with Crippen molar-refractivity contribution in [3.05, 3.63) is 45.4 Å². The van der Waals surface area contributed by atoms with Gasteiger partial charge in [0.25, 0.3) is 5.91 Å². The first-order chi connectivity index (χ1) is 12.8. The number of hydrogen-bond donors (Lipinski definition) is 2. The molecule has 0 aliphatic heterocycles. The van der Waals surface area contributed by atoms with E-state index in [1.165, 1.54) is 18.3 Å². The van der Waals surface area contributed by atoms with Crippen molar-refractivity contribution in [3.8, 4) is 0 Å². The number of nitrogens with zero attached hydrogens (tertiary/aromatic N) is 1. The Morgan fingerprint density at radius 2 is 1.85 bits per heavy atom. The third-order valence-corrected chi connectivity index (χ3v) is 4.66. The number of para-hydroxylation sites is 1. The van der Waals surface area contributed by atoms with E-state index in [-0.39, 0.29) is 18.9 Å². The molecule has 0 saturated carbocycles. The van der Waals surface area contributed by atoms with Crippen molar-refractivity contribution in [2.75, 3.05) is 11.9 Å². The topological polar surface area (TPSA) is 97.4 Å². The van der Waals surface area contributed by atoms with Crippen LogP contribution in [-0.2, 0) is 25.5 Å². The van der Waals surface area contributed by atoms with Gasteiger partial charge in [0.1, 0.15) is 0 Å². The zero-order valence-electron chi connectivity index (χ0n) is 15.8. The van der Waals surface area contributed by atoms with Crippen molar-refractivity contribution in [1.82, 2.24) is 10.3 Å². The van der Waals surface area contributed by atoms with Crippen LogP contribution in [-0.4, -0.2) is 35.4 Å². The molecule has 0 radical (unpaired) electrons. The normalized spacial score (nSPS) is 11.6. The Morgan fingerprint density at radius 1 is 1.19 bits per heavy atom. The van der Waals surface area contributed by atoms with Crippen molar-refractivity contribution in [1.29, 1.82) is 0 Å². The molecule has 0 aliphatic rings. The van der Waals surface area contributed by atoms with E-state index in [9.17, 15) is 14.4 Å². The maximum absolute atomic E-state index is 12.1. The predicted octanol–water partition coefficient (Wildman–Crippen LogP) is 2.30. The molecule has 1 aromatic carbocycles. The van der Waals surface area contributed by atoms with E-state index in [4.69, 9.17) is 4.74 Å². The van der Waals surface area contributed by atoms with Gasteiger partial charge in [0, 0.05) is 11.1 Å². The third-order valence-electron chi connectivity index (χ3n) is 3.84. The smallest absolute Gasteiger partial charge is 0.312 e. The fourth-order valence-corrected chi connectivity index (χ4v) is 3.05. The summed E-state index contributed by atoms with van der Waals surface area (Å²) in [5, 5.41) is 7.89. The van der Waals surface area contributed by atoms with Crippen LogP contribution in [0.2, 0.25) is 0 Å². The highest BCUT2D eigenvalue weighted by Crippen LogP contribution is 2.19. The Balaban J connectivity index is 1.78. The number of nitrogens with one attached hydrogen (secondary N) is 2. The maximum Gasteiger partial charge on any atom is 0.312 e. The SMILES string of the molecule is Cc1nc(CC(=O)OC(C)C(=O)NCC(=O)Nc2c(C)cccc2C)cs1. The van der Waals surface area contributed by atoms with E-state index in [0.717, 1.165) is 21.8 Å². The molecule has 1 aromatic heterocycles. The highest BCUT2D eigenvalue weighted by Gasteiger charge is 2.19. The van der Waals surface area contributed by atoms with Crippen LogP contribution in [0, 0.1) is 20.8 Å². The molecule has 2 aromatic rings. The molecule has 7 nitrogen and oxygen atoms in total. The van der Waals surface area contributed by atoms with E-state index in [1.807, 2.05) is 39.0 Å². The summed E-state index contributed by atoms with van der Waals surface area (Å²) in [6.45, 7) is 6.89. The largest absolute Gasteiger partial charge is 0.452 e. The molecule has 144 valence electrons. The average molecular weight is 389 g/mol. The lowest BCUT2D eigenvalue weighted by molar-refractivity contribution is -0.154. The average Bonchev–Trinajstić information content (AvgIpc) is 3.00. The lowest BCUT2D eigenvalue weighted by Crippen LogP contribution is -2.40. The van der Waals surface area contributed by atoms with Crippen LogP contribution in [0.25, 0.3) is 0 Å². The Labute approximate surface area is 162 Å². The van der Waals surface area contributed by atoms with Crippen LogP contribution in [0.1, 0.15) is 28.8 Å². The molecular weight excluding hydrogens is 366 g/mol. The predicted molar refractivity (Wildman–Crippen MR) is 104 cm³/mol. The van der Waals surface area contributed by atoms with Crippen molar-refractivity contribution < 1.29 is 19.1 Å². The molecule has 0 fully saturated rings. The summed E-state index contributed by atoms with van der Waals surface area (Å²) >= 11 is 1.44. The molecule has 8 heteroatoms. The number of benzene rings is 1. The van der Waals surface area contributed by atoms with Crippen LogP contribution in [0.3, 0.4) is 0 Å². The Morgan fingerprint density at radius 3 is 2.44 bits per heavy atom. The number of anilines is 1. The minimum atomic E-state index is -0.995. The summed E-state index contributed by atoms with van der Waals surface area (Å²) in [5.41, 5.74) is 3.22. The van der Waals surface area contributed by atoms with Gasteiger partial charge in [-0.15, -0.1) is 11.3 Å². The van der Waals surface area contributed by atoms with Gasteiger partial charge < -0.3 is 15.4 Å². The number of esters is 1. The zero-order valence-corrected chi connectivity index (χ0v) is 16.6. The van der Waals surface area contributed by atoms with Crippen LogP contribution >= 0.6 is 11.3 Å². The highest BCUT2D eigenvalue weighted by molar-refractivity contribution is 7.09. The highest BCUT2D eigenvalue weighted by atomic mass is 32.1. The van der Waals surface area contributed by atoms with Gasteiger partial charge in [-0.1, -0.05) is 18.2 Å². The molecular formula is C19H23N3O4S. The standard InChI is InChI=1S/C19H23N3O4S/c1-11-6-5-7-12(2)18(11)22-16(23)9-20-19(25)13(3)26-17(24)8-15-10-27-14(4)21-15/h5-7,10,13H,8-9H2,1-4H3,(H,20,25)(H,22,23). The van der Waals surface area contributed by atoms with Gasteiger partial charge in [0.05, 0.1) is 23.7 Å². The summed E-state index contributed by atoms with van der Waals surface area (Å²) in [4.78, 5) is 40.2. The summed E-state index contributed by atoms with van der Waals surface area (Å²) in [5.74, 6) is -1.42. The van der Waals surface area contributed by atoms with Crippen LogP contribution in [0.5, 0.6) is 0 Å². The number of carbonyl (C=O) groups is 3. The first kappa shape index (κ1) is 20.6. The number of amides is 2. The maximum atomic E-state index is 12.1. The number of carbonyl (C=O) groups excluding carboxylic acids is 3. The van der Waals surface area contributed by atoms with Crippen molar-refractivity contribution in [2.24, 2.45) is 0 Å². The van der Waals surface area contributed by atoms with E-state index in [0.29, 0.717) is 5.69 Å². The minimum Gasteiger partial charge on any atom is -0.452 e. The number of ether oxygens (including phenoxy) is 1. The summed E-state index contributed by atoms with van der Waals surface area (Å²) in [6, 6.07) is 5.70. The molecule has 1 atom stereocenters. The van der Waals surface area contributed by atoms with Gasteiger partial charge in [-0.3, -0.25) is 14.4 Å². The summed E-state index contributed by atoms with van der Waals surface area (Å²) in [7, 11) is 0. The zero-order chi connectivity index (χ0) is 20.0. The van der Waals surface area contributed by atoms with Crippen LogP contribution in [0.4, 0.5) is 5.69 Å². The Hall–Kier alpha value is -2.74. The van der Waals surface area contributed by atoms with Gasteiger partial charge in [-0.25, -0.2) is 4.98 Å². The fraction of sp³-hybridized carbons (Fsp3) is 0.368. The van der Waals surface area contributed by atoms with Crippen molar-refractivity contribution in [3.63, 3.8) is 0 Å². The second-order valence-electron chi connectivity index (χ2n) is 6.20. The van der Waals surface area contributed by atoms with Gasteiger partial charge >= 0.3 is 5.97 Å². The minimum absolute atomic E-state index is 0.00894. The molecule has 0 saturated heterocycles. The molecule has 2 rings (SSSR count). The number of thiazole rings is 1. The molecule has 2 N–H and O–H groups in total. The van der Waals surface area contributed by atoms with Crippen LogP contribution in [0.15, 0.2) is 23.6 Å². The number of aryl methyl sites for hydroxylation is 3. The first-order valence-corrected chi connectivity index (χ1v) is 9.38. The molecule has 0 bridgehead atoms. The molecule has 27 heavy (non-hydrogen) atoms. The number of aromatic nitrogens is 1. The van der Waals surface area contributed by atoms with Gasteiger partial charge in [-0.2, -0.15) is 0 Å². The number of hydrogen-bond acceptors (Lipinski definition) is 6. The van der Waals surface area contributed by atoms with Crippen LogP contribution < -0.4 is 10.6 Å². The summed E-state index contributed by atoms with van der Waals surface area (Å²) < 4.78 is 5.10. The fourth-order valence-electron chi connectivity index (χ4n) is 2.44. The molecule has 1 unspecified atom stereocenters. The van der Waals surface area contributed by atoms with Gasteiger partial charge in [0.2, 0.25) is 5.91 Å². The van der Waals surface area contributed by atoms with E-state index in [1.54, 1.807) is 5.38 Å². The second kappa shape index (κ2) is 9.27. The van der Waals surface area contributed by atoms with E-state index in [2.05, 4.69) is 15.6 Å². The second-order valence-corrected chi connectivity index (χ2v) is 7.26. The summed E-state index contributed by atoms with van der Waals surface area (Å²) in [6.07, 6.45) is -0.986. The lowest BCUT2D eigenvalue weighted by atomic mass is 10.1. The quantitative estimate of drug-likeness (QED) is 0.708. The Bertz CT molecular complexity index is 827.